The molecule has 0 radical (unpaired) electrons. The van der Waals surface area contributed by atoms with Gasteiger partial charge in [0.05, 0.1) is 21.8 Å². The number of nitrogens with one attached hydrogen (secondary N) is 1. The minimum atomic E-state index is -0.958. The van der Waals surface area contributed by atoms with E-state index in [4.69, 9.17) is 33.0 Å². The Balaban J connectivity index is 1.95. The van der Waals surface area contributed by atoms with E-state index < -0.39 is 17.9 Å². The maximum Gasteiger partial charge on any atom is 0.332 e. The highest BCUT2D eigenvalue weighted by atomic mass is 35.5. The molecule has 0 saturated carbocycles. The average Bonchev–Trinajstić information content (AvgIpc) is 2.76. The van der Waals surface area contributed by atoms with Crippen molar-refractivity contribution >= 4 is 34.9 Å². The van der Waals surface area contributed by atoms with Crippen molar-refractivity contribution in [1.29, 1.82) is 0 Å². The average molecular weight is 308 g/mol. The highest BCUT2D eigenvalue weighted by molar-refractivity contribution is 6.39. The molecule has 1 aromatic rings. The Morgan fingerprint density at radius 2 is 2.05 bits per heavy atom. The van der Waals surface area contributed by atoms with E-state index in [1.165, 1.54) is 0 Å². The molecule has 0 aliphatic carbocycles. The summed E-state index contributed by atoms with van der Waals surface area (Å²) in [6, 6.07) is 2.32. The van der Waals surface area contributed by atoms with Gasteiger partial charge in [-0.2, -0.15) is 0 Å². The minimum Gasteiger partial charge on any atom is -0.479 e. The van der Waals surface area contributed by atoms with Crippen LogP contribution < -0.4 is 5.32 Å². The number of hydrogen-bond acceptors (Lipinski definition) is 3. The van der Waals surface area contributed by atoms with E-state index in [-0.39, 0.29) is 16.1 Å². The van der Waals surface area contributed by atoms with Crippen LogP contribution in [0.3, 0.4) is 0 Å². The molecule has 1 saturated heterocycles. The Bertz CT molecular complexity index is 475. The molecule has 1 aromatic carbocycles. The maximum atomic E-state index is 13.0. The number of hydrogen-bond donors (Lipinski definition) is 2. The molecule has 2 unspecified atom stereocenters. The van der Waals surface area contributed by atoms with Crippen LogP contribution in [-0.2, 0) is 9.53 Å². The molecule has 1 aliphatic heterocycles. The lowest BCUT2D eigenvalue weighted by Gasteiger charge is -2.15. The Labute approximate surface area is 119 Å². The maximum absolute atomic E-state index is 13.0. The molecule has 19 heavy (non-hydrogen) atoms. The van der Waals surface area contributed by atoms with Crippen LogP contribution in [0.25, 0.3) is 0 Å². The number of carbonyl (C=O) groups is 1. The Kier molecular flexibility index (Phi) is 4.50. The van der Waals surface area contributed by atoms with Gasteiger partial charge in [0.25, 0.3) is 0 Å². The normalized spacial score (nSPS) is 22.5. The summed E-state index contributed by atoms with van der Waals surface area (Å²) in [4.78, 5) is 10.7. The quantitative estimate of drug-likeness (QED) is 0.897. The standard InChI is InChI=1S/C12H12Cl2FNO3/c13-8-3-6(15)4-9(14)11(8)16-5-7-1-2-10(19-7)12(17)18/h3-4,7,10,16H,1-2,5H2,(H,17,18). The van der Waals surface area contributed by atoms with Gasteiger partial charge in [-0.25, -0.2) is 9.18 Å². The van der Waals surface area contributed by atoms with Gasteiger partial charge in [0, 0.05) is 6.54 Å². The van der Waals surface area contributed by atoms with E-state index in [2.05, 4.69) is 5.32 Å². The highest BCUT2D eigenvalue weighted by Crippen LogP contribution is 2.32. The van der Waals surface area contributed by atoms with Gasteiger partial charge in [-0.05, 0) is 25.0 Å². The first-order chi connectivity index (χ1) is 8.97. The third kappa shape index (κ3) is 3.49. The van der Waals surface area contributed by atoms with E-state index in [9.17, 15) is 9.18 Å². The second-order valence-corrected chi connectivity index (χ2v) is 5.10. The third-order valence-electron chi connectivity index (χ3n) is 2.90. The predicted octanol–water partition coefficient (Wildman–Crippen LogP) is 3.18. The van der Waals surface area contributed by atoms with Gasteiger partial charge in [0.1, 0.15) is 5.82 Å². The van der Waals surface area contributed by atoms with Crippen molar-refractivity contribution in [3.63, 3.8) is 0 Å². The zero-order valence-electron chi connectivity index (χ0n) is 9.83. The summed E-state index contributed by atoms with van der Waals surface area (Å²) in [6.45, 7) is 0.370. The van der Waals surface area contributed by atoms with E-state index in [0.29, 0.717) is 25.1 Å². The lowest BCUT2D eigenvalue weighted by molar-refractivity contribution is -0.149. The van der Waals surface area contributed by atoms with Gasteiger partial charge in [-0.3, -0.25) is 0 Å². The van der Waals surface area contributed by atoms with Crippen molar-refractivity contribution in [3.8, 4) is 0 Å². The molecule has 2 rings (SSSR count). The zero-order valence-corrected chi connectivity index (χ0v) is 11.3. The fraction of sp³-hybridized carbons (Fsp3) is 0.417. The first-order valence-corrected chi connectivity index (χ1v) is 6.49. The second kappa shape index (κ2) is 5.94. The smallest absolute Gasteiger partial charge is 0.332 e. The highest BCUT2D eigenvalue weighted by Gasteiger charge is 2.30. The van der Waals surface area contributed by atoms with Crippen LogP contribution in [0.15, 0.2) is 12.1 Å². The molecule has 0 spiro atoms. The van der Waals surface area contributed by atoms with Crippen LogP contribution in [0.2, 0.25) is 10.0 Å². The largest absolute Gasteiger partial charge is 0.479 e. The van der Waals surface area contributed by atoms with Crippen LogP contribution in [0, 0.1) is 5.82 Å². The molecule has 7 heteroatoms. The Morgan fingerprint density at radius 3 is 2.58 bits per heavy atom. The second-order valence-electron chi connectivity index (χ2n) is 4.29. The minimum absolute atomic E-state index is 0.179. The summed E-state index contributed by atoms with van der Waals surface area (Å²) in [5, 5.41) is 12.1. The fourth-order valence-electron chi connectivity index (χ4n) is 1.96. The topological polar surface area (TPSA) is 58.6 Å². The summed E-state index contributed by atoms with van der Waals surface area (Å²) in [5.41, 5.74) is 0.423. The Hall–Kier alpha value is -1.04. The van der Waals surface area contributed by atoms with Gasteiger partial charge in [0.15, 0.2) is 6.10 Å². The summed E-state index contributed by atoms with van der Waals surface area (Å²) >= 11 is 11.8. The number of aliphatic carboxylic acids is 1. The predicted molar refractivity (Wildman–Crippen MR) is 70.4 cm³/mol. The van der Waals surface area contributed by atoms with E-state index >= 15 is 0 Å². The van der Waals surface area contributed by atoms with Crippen LogP contribution in [0.1, 0.15) is 12.8 Å². The molecule has 2 atom stereocenters. The third-order valence-corrected chi connectivity index (χ3v) is 3.49. The van der Waals surface area contributed by atoms with Crippen LogP contribution >= 0.6 is 23.2 Å². The lowest BCUT2D eigenvalue weighted by Crippen LogP contribution is -2.24. The molecule has 0 bridgehead atoms. The van der Waals surface area contributed by atoms with Gasteiger partial charge < -0.3 is 15.2 Å². The molecule has 4 nitrogen and oxygen atoms in total. The number of rotatable bonds is 4. The molecule has 0 amide bonds. The molecule has 1 heterocycles. The van der Waals surface area contributed by atoms with Gasteiger partial charge in [-0.1, -0.05) is 23.2 Å². The van der Waals surface area contributed by atoms with E-state index in [1.54, 1.807) is 0 Å². The van der Waals surface area contributed by atoms with Crippen LogP contribution in [0.4, 0.5) is 10.1 Å². The molecule has 2 N–H and O–H groups in total. The molecule has 104 valence electrons. The van der Waals surface area contributed by atoms with Crippen molar-refractivity contribution in [2.45, 2.75) is 25.0 Å². The Morgan fingerprint density at radius 1 is 1.42 bits per heavy atom. The van der Waals surface area contributed by atoms with E-state index in [0.717, 1.165) is 12.1 Å². The number of anilines is 1. The summed E-state index contributed by atoms with van der Waals surface area (Å²) in [7, 11) is 0. The van der Waals surface area contributed by atoms with E-state index in [1.807, 2.05) is 0 Å². The van der Waals surface area contributed by atoms with Gasteiger partial charge in [-0.15, -0.1) is 0 Å². The molecular weight excluding hydrogens is 296 g/mol. The monoisotopic (exact) mass is 307 g/mol. The molecular formula is C12H12Cl2FNO3. The lowest BCUT2D eigenvalue weighted by atomic mass is 10.2. The number of ether oxygens (including phenoxy) is 1. The van der Waals surface area contributed by atoms with Crippen molar-refractivity contribution in [2.75, 3.05) is 11.9 Å². The fourth-order valence-corrected chi connectivity index (χ4v) is 2.56. The number of halogens is 3. The van der Waals surface area contributed by atoms with Crippen molar-refractivity contribution in [3.05, 3.63) is 28.0 Å². The molecule has 0 aromatic heterocycles. The SMILES string of the molecule is O=C(O)C1CCC(CNc2c(Cl)cc(F)cc2Cl)O1. The van der Waals surface area contributed by atoms with Crippen molar-refractivity contribution in [1.82, 2.24) is 0 Å². The summed E-state index contributed by atoms with van der Waals surface area (Å²) in [5.74, 6) is -1.47. The zero-order chi connectivity index (χ0) is 14.0. The summed E-state index contributed by atoms with van der Waals surface area (Å²) < 4.78 is 18.3. The first kappa shape index (κ1) is 14.4. The van der Waals surface area contributed by atoms with Crippen molar-refractivity contribution in [2.24, 2.45) is 0 Å². The molecule has 1 fully saturated rings. The number of carboxylic acid groups (broad SMARTS) is 1. The number of carboxylic acids is 1. The number of benzene rings is 1. The molecule has 1 aliphatic rings. The van der Waals surface area contributed by atoms with Gasteiger partial charge in [0.2, 0.25) is 0 Å². The van der Waals surface area contributed by atoms with Gasteiger partial charge >= 0.3 is 5.97 Å². The van der Waals surface area contributed by atoms with Crippen LogP contribution in [-0.4, -0.2) is 29.8 Å². The summed E-state index contributed by atoms with van der Waals surface area (Å²) in [6.07, 6.45) is 0.136. The van der Waals surface area contributed by atoms with Crippen LogP contribution in [0.5, 0.6) is 0 Å². The first-order valence-electron chi connectivity index (χ1n) is 5.74. The van der Waals surface area contributed by atoms with Crippen molar-refractivity contribution < 1.29 is 19.0 Å².